The van der Waals surface area contributed by atoms with Gasteiger partial charge in [0.1, 0.15) is 11.1 Å². The van der Waals surface area contributed by atoms with Crippen molar-refractivity contribution in [2.45, 2.75) is 51.2 Å². The number of esters is 1. The van der Waals surface area contributed by atoms with Crippen LogP contribution in [0.3, 0.4) is 0 Å². The average Bonchev–Trinajstić information content (AvgIpc) is 2.91. The minimum absolute atomic E-state index is 0.0215. The van der Waals surface area contributed by atoms with Crippen LogP contribution in [0.4, 0.5) is 4.79 Å². The number of carboxylic acid groups (broad SMARTS) is 1. The summed E-state index contributed by atoms with van der Waals surface area (Å²) in [5.74, 6) is -1.56. The molecule has 0 spiro atoms. The van der Waals surface area contributed by atoms with Gasteiger partial charge in [-0.05, 0) is 40.0 Å². The number of likely N-dealkylation sites (tertiary alicyclic amines) is 1. The lowest BCUT2D eigenvalue weighted by Crippen LogP contribution is -2.55. The summed E-state index contributed by atoms with van der Waals surface area (Å²) < 4.78 is 10.1. The maximum Gasteiger partial charge on any atom is 0.411 e. The number of fused-ring (bicyclic) bond motifs is 2. The standard InChI is InChI=1S/C14H21NO6/c1-12(2,3)21-11(19)15-8-13(9(16)17)5-6-14(15,7-13)10(18)20-4/h5-8H2,1-4H3,(H,16,17). The summed E-state index contributed by atoms with van der Waals surface area (Å²) >= 11 is 0. The Morgan fingerprint density at radius 2 is 1.81 bits per heavy atom. The quantitative estimate of drug-likeness (QED) is 0.775. The molecule has 0 aromatic carbocycles. The van der Waals surface area contributed by atoms with Crippen molar-refractivity contribution in [3.05, 3.63) is 0 Å². The van der Waals surface area contributed by atoms with E-state index in [0.717, 1.165) is 0 Å². The average molecular weight is 299 g/mol. The van der Waals surface area contributed by atoms with Gasteiger partial charge in [0, 0.05) is 6.54 Å². The van der Waals surface area contributed by atoms with E-state index in [4.69, 9.17) is 9.47 Å². The summed E-state index contributed by atoms with van der Waals surface area (Å²) in [7, 11) is 1.24. The number of carbonyl (C=O) groups excluding carboxylic acids is 2. The van der Waals surface area contributed by atoms with Gasteiger partial charge in [-0.15, -0.1) is 0 Å². The fourth-order valence-electron chi connectivity index (χ4n) is 3.28. The number of carbonyl (C=O) groups is 3. The van der Waals surface area contributed by atoms with Crippen LogP contribution in [-0.4, -0.2) is 52.8 Å². The molecule has 0 radical (unpaired) electrons. The SMILES string of the molecule is COC(=O)C12CCC(C(=O)O)(CN1C(=O)OC(C)(C)C)C2. The lowest BCUT2D eigenvalue weighted by molar-refractivity contribution is -0.154. The first-order valence-corrected chi connectivity index (χ1v) is 6.89. The number of piperidine rings is 1. The zero-order valence-electron chi connectivity index (χ0n) is 12.8. The predicted octanol–water partition coefficient (Wildman–Crippen LogP) is 1.40. The van der Waals surface area contributed by atoms with Crippen LogP contribution in [0, 0.1) is 5.41 Å². The number of aliphatic carboxylic acids is 1. The molecule has 2 atom stereocenters. The van der Waals surface area contributed by atoms with Gasteiger partial charge in [0.05, 0.1) is 12.5 Å². The molecule has 7 heteroatoms. The molecule has 2 rings (SSSR count). The molecule has 2 fully saturated rings. The summed E-state index contributed by atoms with van der Waals surface area (Å²) in [4.78, 5) is 37.3. The summed E-state index contributed by atoms with van der Waals surface area (Å²) in [5, 5.41) is 9.46. The van der Waals surface area contributed by atoms with Crippen molar-refractivity contribution in [1.82, 2.24) is 4.90 Å². The van der Waals surface area contributed by atoms with Crippen LogP contribution in [0.25, 0.3) is 0 Å². The molecule has 0 aromatic rings. The molecule has 1 aliphatic carbocycles. The van der Waals surface area contributed by atoms with E-state index < -0.39 is 34.6 Å². The van der Waals surface area contributed by atoms with Crippen molar-refractivity contribution in [3.63, 3.8) is 0 Å². The van der Waals surface area contributed by atoms with Crippen LogP contribution in [0.5, 0.6) is 0 Å². The summed E-state index contributed by atoms with van der Waals surface area (Å²) in [6.45, 7) is 5.14. The van der Waals surface area contributed by atoms with Gasteiger partial charge in [-0.25, -0.2) is 9.59 Å². The van der Waals surface area contributed by atoms with Crippen molar-refractivity contribution in [2.24, 2.45) is 5.41 Å². The molecule has 7 nitrogen and oxygen atoms in total. The minimum Gasteiger partial charge on any atom is -0.481 e. The monoisotopic (exact) mass is 299 g/mol. The molecule has 118 valence electrons. The van der Waals surface area contributed by atoms with E-state index in [1.54, 1.807) is 20.8 Å². The van der Waals surface area contributed by atoms with Gasteiger partial charge in [0.25, 0.3) is 0 Å². The molecule has 1 N–H and O–H groups in total. The van der Waals surface area contributed by atoms with Crippen LogP contribution in [-0.2, 0) is 19.1 Å². The topological polar surface area (TPSA) is 93.1 Å². The Labute approximate surface area is 123 Å². The van der Waals surface area contributed by atoms with Crippen molar-refractivity contribution in [1.29, 1.82) is 0 Å². The zero-order chi connectivity index (χ0) is 16.1. The molecule has 1 saturated heterocycles. The van der Waals surface area contributed by atoms with Gasteiger partial charge in [0.15, 0.2) is 0 Å². The van der Waals surface area contributed by atoms with Crippen molar-refractivity contribution in [2.75, 3.05) is 13.7 Å². The zero-order valence-corrected chi connectivity index (χ0v) is 12.8. The molecular formula is C14H21NO6. The fourth-order valence-corrected chi connectivity index (χ4v) is 3.28. The van der Waals surface area contributed by atoms with Gasteiger partial charge in [-0.3, -0.25) is 9.69 Å². The highest BCUT2D eigenvalue weighted by Gasteiger charge is 2.68. The molecule has 2 bridgehead atoms. The lowest BCUT2D eigenvalue weighted by atomic mass is 9.87. The second kappa shape index (κ2) is 4.61. The molecular weight excluding hydrogens is 278 g/mol. The Morgan fingerprint density at radius 1 is 1.19 bits per heavy atom. The van der Waals surface area contributed by atoms with E-state index in [2.05, 4.69) is 0 Å². The van der Waals surface area contributed by atoms with Crippen LogP contribution >= 0.6 is 0 Å². The third-order valence-corrected chi connectivity index (χ3v) is 4.26. The number of rotatable bonds is 2. The minimum atomic E-state index is -1.21. The molecule has 2 unspecified atom stereocenters. The van der Waals surface area contributed by atoms with Crippen LogP contribution < -0.4 is 0 Å². The second-order valence-corrected chi connectivity index (χ2v) is 6.85. The Kier molecular flexibility index (Phi) is 3.42. The first-order chi connectivity index (χ1) is 9.56. The van der Waals surface area contributed by atoms with Gasteiger partial charge >= 0.3 is 18.0 Å². The highest BCUT2D eigenvalue weighted by atomic mass is 16.6. The number of nitrogens with zero attached hydrogens (tertiary/aromatic N) is 1. The molecule has 1 saturated carbocycles. The van der Waals surface area contributed by atoms with E-state index in [1.807, 2.05) is 0 Å². The maximum absolute atomic E-state index is 12.3. The maximum atomic E-state index is 12.3. The number of ether oxygens (including phenoxy) is 2. The Hall–Kier alpha value is -1.79. The number of methoxy groups -OCH3 is 1. The Balaban J connectivity index is 2.34. The normalized spacial score (nSPS) is 31.1. The smallest absolute Gasteiger partial charge is 0.411 e. The van der Waals surface area contributed by atoms with E-state index in [9.17, 15) is 19.5 Å². The largest absolute Gasteiger partial charge is 0.481 e. The van der Waals surface area contributed by atoms with E-state index in [1.165, 1.54) is 12.0 Å². The fraction of sp³-hybridized carbons (Fsp3) is 0.786. The second-order valence-electron chi connectivity index (χ2n) is 6.85. The van der Waals surface area contributed by atoms with E-state index in [-0.39, 0.29) is 19.4 Å². The Morgan fingerprint density at radius 3 is 2.29 bits per heavy atom. The van der Waals surface area contributed by atoms with Gasteiger partial charge in [-0.1, -0.05) is 0 Å². The van der Waals surface area contributed by atoms with E-state index >= 15 is 0 Å². The number of carboxylic acids is 1. The van der Waals surface area contributed by atoms with Crippen molar-refractivity contribution in [3.8, 4) is 0 Å². The van der Waals surface area contributed by atoms with Crippen molar-refractivity contribution < 1.29 is 29.0 Å². The highest BCUT2D eigenvalue weighted by molar-refractivity contribution is 5.91. The summed E-state index contributed by atoms with van der Waals surface area (Å²) in [6, 6.07) is 0. The van der Waals surface area contributed by atoms with Crippen LogP contribution in [0.15, 0.2) is 0 Å². The molecule has 2 aliphatic rings. The predicted molar refractivity (Wildman–Crippen MR) is 71.6 cm³/mol. The number of amides is 1. The van der Waals surface area contributed by atoms with Crippen LogP contribution in [0.1, 0.15) is 40.0 Å². The third kappa shape index (κ3) is 2.34. The lowest BCUT2D eigenvalue weighted by Gasteiger charge is -2.37. The van der Waals surface area contributed by atoms with Gasteiger partial charge in [0.2, 0.25) is 0 Å². The number of hydrogen-bond acceptors (Lipinski definition) is 5. The number of hydrogen-bond donors (Lipinski definition) is 1. The summed E-state index contributed by atoms with van der Waals surface area (Å²) in [6.07, 6.45) is 0.0548. The van der Waals surface area contributed by atoms with E-state index in [0.29, 0.717) is 6.42 Å². The third-order valence-electron chi connectivity index (χ3n) is 4.26. The Bertz CT molecular complexity index is 496. The van der Waals surface area contributed by atoms with Crippen LogP contribution in [0.2, 0.25) is 0 Å². The molecule has 21 heavy (non-hydrogen) atoms. The van der Waals surface area contributed by atoms with Crippen molar-refractivity contribution >= 4 is 18.0 Å². The molecule has 1 heterocycles. The van der Waals surface area contributed by atoms with Gasteiger partial charge in [-0.2, -0.15) is 0 Å². The molecule has 0 aromatic heterocycles. The first kappa shape index (κ1) is 15.6. The highest BCUT2D eigenvalue weighted by Crippen LogP contribution is 2.55. The molecule has 1 aliphatic heterocycles. The first-order valence-electron chi connectivity index (χ1n) is 6.89. The summed E-state index contributed by atoms with van der Waals surface area (Å²) in [5.41, 5.74) is -3.01. The molecule has 1 amide bonds. The van der Waals surface area contributed by atoms with Gasteiger partial charge < -0.3 is 14.6 Å².